The Balaban J connectivity index is 2.05. The SMILES string of the molecule is NS(=O)(=O)c1cccc(S(=O)(=O)NCC[C@H]2CCCN2)c1. The minimum Gasteiger partial charge on any atom is -0.314 e. The molecule has 1 heterocycles. The first kappa shape index (κ1) is 16.4. The largest absolute Gasteiger partial charge is 0.314 e. The van der Waals surface area contributed by atoms with Crippen LogP contribution in [0, 0.1) is 0 Å². The molecule has 1 aromatic rings. The number of primary sulfonamides is 1. The molecule has 1 saturated heterocycles. The number of benzene rings is 1. The van der Waals surface area contributed by atoms with Crippen molar-refractivity contribution in [1.82, 2.24) is 10.0 Å². The quantitative estimate of drug-likeness (QED) is 0.663. The minimum absolute atomic E-state index is 0.103. The zero-order chi connectivity index (χ0) is 15.5. The number of hydrogen-bond donors (Lipinski definition) is 3. The fraction of sp³-hybridized carbons (Fsp3) is 0.500. The molecule has 21 heavy (non-hydrogen) atoms. The summed E-state index contributed by atoms with van der Waals surface area (Å²) in [7, 11) is -7.65. The van der Waals surface area contributed by atoms with Gasteiger partial charge < -0.3 is 5.32 Å². The summed E-state index contributed by atoms with van der Waals surface area (Å²) in [6.45, 7) is 1.27. The average Bonchev–Trinajstić information content (AvgIpc) is 2.91. The van der Waals surface area contributed by atoms with Crippen molar-refractivity contribution in [3.05, 3.63) is 24.3 Å². The molecule has 0 unspecified atom stereocenters. The Morgan fingerprint density at radius 3 is 2.57 bits per heavy atom. The maximum absolute atomic E-state index is 12.1. The van der Waals surface area contributed by atoms with E-state index >= 15 is 0 Å². The topological polar surface area (TPSA) is 118 Å². The van der Waals surface area contributed by atoms with Crippen molar-refractivity contribution < 1.29 is 16.8 Å². The van der Waals surface area contributed by atoms with E-state index in [1.165, 1.54) is 18.2 Å². The number of nitrogens with two attached hydrogens (primary N) is 1. The standard InChI is InChI=1S/C12H19N3O4S2/c13-20(16,17)11-4-1-5-12(9-11)21(18,19)15-8-6-10-3-2-7-14-10/h1,4-5,9-10,14-15H,2-3,6-8H2,(H2,13,16,17)/t10-/m1/s1. The maximum atomic E-state index is 12.1. The summed E-state index contributed by atoms with van der Waals surface area (Å²) in [5.74, 6) is 0. The highest BCUT2D eigenvalue weighted by Gasteiger charge is 2.19. The molecule has 118 valence electrons. The van der Waals surface area contributed by atoms with E-state index in [1.54, 1.807) is 0 Å². The smallest absolute Gasteiger partial charge is 0.240 e. The second kappa shape index (κ2) is 6.41. The van der Waals surface area contributed by atoms with Crippen molar-refractivity contribution in [1.29, 1.82) is 0 Å². The molecule has 0 amide bonds. The fourth-order valence-electron chi connectivity index (χ4n) is 2.27. The third-order valence-corrected chi connectivity index (χ3v) is 5.76. The van der Waals surface area contributed by atoms with E-state index in [2.05, 4.69) is 10.0 Å². The van der Waals surface area contributed by atoms with Crippen LogP contribution >= 0.6 is 0 Å². The second-order valence-corrected chi connectivity index (χ2v) is 8.33. The van der Waals surface area contributed by atoms with Crippen LogP contribution in [0.4, 0.5) is 0 Å². The van der Waals surface area contributed by atoms with E-state index in [0.29, 0.717) is 19.0 Å². The van der Waals surface area contributed by atoms with Crippen LogP contribution in [0.3, 0.4) is 0 Å². The lowest BCUT2D eigenvalue weighted by atomic mass is 10.2. The molecule has 4 N–H and O–H groups in total. The summed E-state index contributed by atoms with van der Waals surface area (Å²) in [5, 5.41) is 8.28. The van der Waals surface area contributed by atoms with Crippen LogP contribution in [0.25, 0.3) is 0 Å². The van der Waals surface area contributed by atoms with Crippen molar-refractivity contribution in [3.63, 3.8) is 0 Å². The van der Waals surface area contributed by atoms with E-state index in [4.69, 9.17) is 5.14 Å². The molecular formula is C12H19N3O4S2. The van der Waals surface area contributed by atoms with Crippen LogP contribution in [0.15, 0.2) is 34.1 Å². The van der Waals surface area contributed by atoms with Gasteiger partial charge in [0, 0.05) is 12.6 Å². The monoisotopic (exact) mass is 333 g/mol. The van der Waals surface area contributed by atoms with E-state index in [9.17, 15) is 16.8 Å². The van der Waals surface area contributed by atoms with Gasteiger partial charge in [-0.25, -0.2) is 26.7 Å². The number of nitrogens with one attached hydrogen (secondary N) is 2. The van der Waals surface area contributed by atoms with Crippen molar-refractivity contribution in [3.8, 4) is 0 Å². The van der Waals surface area contributed by atoms with Gasteiger partial charge in [-0.3, -0.25) is 0 Å². The van der Waals surface area contributed by atoms with Crippen LogP contribution in [0.2, 0.25) is 0 Å². The third-order valence-electron chi connectivity index (χ3n) is 3.39. The molecule has 0 aromatic heterocycles. The van der Waals surface area contributed by atoms with Gasteiger partial charge in [0.05, 0.1) is 9.79 Å². The molecule has 7 nitrogen and oxygen atoms in total. The Bertz CT molecular complexity index is 695. The first-order chi connectivity index (χ1) is 9.79. The predicted molar refractivity (Wildman–Crippen MR) is 78.6 cm³/mol. The molecule has 1 aliphatic rings. The van der Waals surface area contributed by atoms with E-state index in [-0.39, 0.29) is 9.79 Å². The molecule has 1 fully saturated rings. The van der Waals surface area contributed by atoms with Crippen LogP contribution in [0.5, 0.6) is 0 Å². The summed E-state index contributed by atoms with van der Waals surface area (Å²) in [5.41, 5.74) is 0. The third kappa shape index (κ3) is 4.48. The molecule has 0 aliphatic carbocycles. The van der Waals surface area contributed by atoms with Gasteiger partial charge in [-0.15, -0.1) is 0 Å². The van der Waals surface area contributed by atoms with Crippen LogP contribution in [-0.4, -0.2) is 36.0 Å². The number of hydrogen-bond acceptors (Lipinski definition) is 5. The zero-order valence-corrected chi connectivity index (χ0v) is 13.1. The Hall–Kier alpha value is -1.00. The zero-order valence-electron chi connectivity index (χ0n) is 11.4. The van der Waals surface area contributed by atoms with Gasteiger partial charge in [0.15, 0.2) is 0 Å². The molecule has 1 atom stereocenters. The molecular weight excluding hydrogens is 314 g/mol. The summed E-state index contributed by atoms with van der Waals surface area (Å²) in [6, 6.07) is 5.35. The van der Waals surface area contributed by atoms with Crippen LogP contribution < -0.4 is 15.2 Å². The van der Waals surface area contributed by atoms with Crippen LogP contribution in [-0.2, 0) is 20.0 Å². The average molecular weight is 333 g/mol. The summed E-state index contributed by atoms with van der Waals surface area (Å²) >= 11 is 0. The Labute approximate surface area is 125 Å². The Kier molecular flexibility index (Phi) is 4.99. The lowest BCUT2D eigenvalue weighted by Gasteiger charge is -2.11. The molecule has 1 aliphatic heterocycles. The van der Waals surface area contributed by atoms with Gasteiger partial charge in [-0.1, -0.05) is 6.07 Å². The van der Waals surface area contributed by atoms with Crippen molar-refractivity contribution >= 4 is 20.0 Å². The van der Waals surface area contributed by atoms with Crippen molar-refractivity contribution in [2.24, 2.45) is 5.14 Å². The highest BCUT2D eigenvalue weighted by molar-refractivity contribution is 7.90. The van der Waals surface area contributed by atoms with Gasteiger partial charge in [-0.2, -0.15) is 0 Å². The Morgan fingerprint density at radius 1 is 1.24 bits per heavy atom. The van der Waals surface area contributed by atoms with Gasteiger partial charge in [0.1, 0.15) is 0 Å². The van der Waals surface area contributed by atoms with E-state index in [0.717, 1.165) is 25.5 Å². The van der Waals surface area contributed by atoms with Crippen molar-refractivity contribution in [2.75, 3.05) is 13.1 Å². The van der Waals surface area contributed by atoms with Crippen molar-refractivity contribution in [2.45, 2.75) is 35.1 Å². The molecule has 2 rings (SSSR count). The molecule has 1 aromatic carbocycles. The van der Waals surface area contributed by atoms with Crippen LogP contribution in [0.1, 0.15) is 19.3 Å². The Morgan fingerprint density at radius 2 is 1.95 bits per heavy atom. The van der Waals surface area contributed by atoms with Gasteiger partial charge in [0.2, 0.25) is 20.0 Å². The fourth-order valence-corrected chi connectivity index (χ4v) is 4.00. The normalized spacial score (nSPS) is 19.8. The maximum Gasteiger partial charge on any atom is 0.240 e. The predicted octanol–water partition coefficient (Wildman–Crippen LogP) is -0.246. The lowest BCUT2D eigenvalue weighted by Crippen LogP contribution is -2.30. The second-order valence-electron chi connectivity index (χ2n) is 5.00. The summed E-state index contributed by atoms with van der Waals surface area (Å²) in [6.07, 6.45) is 2.85. The first-order valence-electron chi connectivity index (χ1n) is 6.65. The highest BCUT2D eigenvalue weighted by Crippen LogP contribution is 2.15. The van der Waals surface area contributed by atoms with E-state index < -0.39 is 20.0 Å². The first-order valence-corrected chi connectivity index (χ1v) is 9.68. The van der Waals surface area contributed by atoms with Gasteiger partial charge in [0.25, 0.3) is 0 Å². The highest BCUT2D eigenvalue weighted by atomic mass is 32.2. The van der Waals surface area contributed by atoms with E-state index in [1.807, 2.05) is 0 Å². The summed E-state index contributed by atoms with van der Waals surface area (Å²) < 4.78 is 49.2. The number of rotatable bonds is 6. The van der Waals surface area contributed by atoms with Gasteiger partial charge in [-0.05, 0) is 44.0 Å². The molecule has 0 bridgehead atoms. The summed E-state index contributed by atoms with van der Waals surface area (Å²) in [4.78, 5) is -0.323. The lowest BCUT2D eigenvalue weighted by molar-refractivity contribution is 0.539. The minimum atomic E-state index is -3.92. The molecule has 0 spiro atoms. The molecule has 0 saturated carbocycles. The molecule has 0 radical (unpaired) electrons. The molecule has 9 heteroatoms. The number of sulfonamides is 2. The van der Waals surface area contributed by atoms with Gasteiger partial charge >= 0.3 is 0 Å².